The first kappa shape index (κ1) is 20.4. The summed E-state index contributed by atoms with van der Waals surface area (Å²) in [4.78, 5) is 28.2. The monoisotopic (exact) mass is 405 g/mol. The molecule has 1 heterocycles. The molecule has 8 heteroatoms. The van der Waals surface area contributed by atoms with Crippen molar-refractivity contribution in [3.05, 3.63) is 42.5 Å². The van der Waals surface area contributed by atoms with Crippen molar-refractivity contribution in [2.75, 3.05) is 12.4 Å². The van der Waals surface area contributed by atoms with Crippen LogP contribution in [-0.2, 0) is 14.3 Å². The Morgan fingerprint density at radius 3 is 2.96 bits per heavy atom. The number of carbonyl (C=O) groups excluding carboxylic acids is 2. The van der Waals surface area contributed by atoms with E-state index in [1.54, 1.807) is 29.1 Å². The van der Waals surface area contributed by atoms with Crippen molar-refractivity contribution in [1.82, 2.24) is 14.9 Å². The summed E-state index contributed by atoms with van der Waals surface area (Å²) >= 11 is 1.17. The number of ether oxygens (including phenoxy) is 1. The minimum Gasteiger partial charge on any atom is -0.455 e. The molecule has 3 rings (SSSR count). The molecule has 150 valence electrons. The fourth-order valence-corrected chi connectivity index (χ4v) is 4.08. The van der Waals surface area contributed by atoms with E-state index in [0.29, 0.717) is 16.8 Å². The van der Waals surface area contributed by atoms with E-state index in [0.717, 1.165) is 19.3 Å². The number of esters is 1. The van der Waals surface area contributed by atoms with E-state index in [1.807, 2.05) is 0 Å². The topological polar surface area (TPSA) is 73.2 Å². The number of nitrogens with one attached hydrogen (secondary N) is 1. The molecule has 2 atom stereocenters. The molecule has 1 saturated carbocycles. The van der Waals surface area contributed by atoms with Crippen molar-refractivity contribution in [3.63, 3.8) is 0 Å². The van der Waals surface area contributed by atoms with Gasteiger partial charge < -0.3 is 10.1 Å². The van der Waals surface area contributed by atoms with Gasteiger partial charge in [0.05, 0.1) is 11.4 Å². The Kier molecular flexibility index (Phi) is 7.08. The summed E-state index contributed by atoms with van der Waals surface area (Å²) in [6, 6.07) is 6.28. The number of nitrogens with zero attached hydrogens (tertiary/aromatic N) is 2. The number of hydrogen-bond acceptors (Lipinski definition) is 5. The first-order chi connectivity index (χ1) is 13.5. The molecule has 0 spiro atoms. The highest BCUT2D eigenvalue weighted by Gasteiger charge is 2.23. The average Bonchev–Trinajstić information content (AvgIpc) is 3.15. The molecule has 0 aliphatic heterocycles. The Morgan fingerprint density at radius 2 is 2.18 bits per heavy atom. The van der Waals surface area contributed by atoms with Gasteiger partial charge in [0.1, 0.15) is 5.82 Å². The third kappa shape index (κ3) is 5.58. The normalized spacial score (nSPS) is 19.2. The Bertz CT molecular complexity index is 827. The van der Waals surface area contributed by atoms with Crippen LogP contribution in [-0.4, -0.2) is 39.8 Å². The van der Waals surface area contributed by atoms with Crippen LogP contribution in [0.15, 0.2) is 41.8 Å². The van der Waals surface area contributed by atoms with Crippen LogP contribution in [0.25, 0.3) is 5.69 Å². The van der Waals surface area contributed by atoms with Gasteiger partial charge in [-0.15, -0.1) is 0 Å². The van der Waals surface area contributed by atoms with Gasteiger partial charge >= 0.3 is 5.97 Å². The molecule has 1 N–H and O–H groups in total. The van der Waals surface area contributed by atoms with Crippen LogP contribution in [0.4, 0.5) is 4.39 Å². The minimum absolute atomic E-state index is 0.0133. The van der Waals surface area contributed by atoms with Gasteiger partial charge in [-0.25, -0.2) is 9.37 Å². The van der Waals surface area contributed by atoms with Gasteiger partial charge in [-0.05, 0) is 37.0 Å². The third-order valence-electron chi connectivity index (χ3n) is 4.83. The van der Waals surface area contributed by atoms with Gasteiger partial charge in [-0.1, -0.05) is 37.6 Å². The zero-order valence-corrected chi connectivity index (χ0v) is 16.6. The van der Waals surface area contributed by atoms with Gasteiger partial charge in [-0.3, -0.25) is 14.2 Å². The summed E-state index contributed by atoms with van der Waals surface area (Å²) in [7, 11) is 0. The second kappa shape index (κ2) is 9.73. The van der Waals surface area contributed by atoms with Gasteiger partial charge in [-0.2, -0.15) is 0 Å². The quantitative estimate of drug-likeness (QED) is 0.565. The third-order valence-corrected chi connectivity index (χ3v) is 5.77. The molecule has 1 aromatic carbocycles. The molecule has 0 saturated heterocycles. The molecule has 2 aromatic rings. The molecule has 0 bridgehead atoms. The lowest BCUT2D eigenvalue weighted by atomic mass is 9.86. The van der Waals surface area contributed by atoms with Crippen molar-refractivity contribution in [3.8, 4) is 5.69 Å². The van der Waals surface area contributed by atoms with Crippen LogP contribution < -0.4 is 5.32 Å². The predicted octanol–water partition coefficient (Wildman–Crippen LogP) is 3.34. The van der Waals surface area contributed by atoms with Crippen LogP contribution in [0.1, 0.15) is 32.6 Å². The van der Waals surface area contributed by atoms with Gasteiger partial charge in [0, 0.05) is 18.4 Å². The molecule has 1 aliphatic rings. The number of hydrogen-bond donors (Lipinski definition) is 1. The Hall–Kier alpha value is -2.35. The molecule has 1 amide bonds. The van der Waals surface area contributed by atoms with Crippen LogP contribution in [0.3, 0.4) is 0 Å². The summed E-state index contributed by atoms with van der Waals surface area (Å²) in [6.45, 7) is 1.86. The predicted molar refractivity (Wildman–Crippen MR) is 105 cm³/mol. The van der Waals surface area contributed by atoms with Gasteiger partial charge in [0.2, 0.25) is 0 Å². The summed E-state index contributed by atoms with van der Waals surface area (Å²) in [5.74, 6) is -0.645. The smallest absolute Gasteiger partial charge is 0.316 e. The summed E-state index contributed by atoms with van der Waals surface area (Å²) in [5.41, 5.74) is 0.620. The van der Waals surface area contributed by atoms with Crippen molar-refractivity contribution < 1.29 is 18.7 Å². The number of carbonyl (C=O) groups is 2. The highest BCUT2D eigenvalue weighted by atomic mass is 32.2. The zero-order chi connectivity index (χ0) is 19.9. The number of halogens is 1. The zero-order valence-electron chi connectivity index (χ0n) is 15.8. The average molecular weight is 405 g/mol. The van der Waals surface area contributed by atoms with E-state index in [2.05, 4.69) is 17.2 Å². The first-order valence-electron chi connectivity index (χ1n) is 9.40. The molecular weight excluding hydrogens is 381 g/mol. The van der Waals surface area contributed by atoms with Crippen molar-refractivity contribution in [2.24, 2.45) is 5.92 Å². The van der Waals surface area contributed by atoms with E-state index in [9.17, 15) is 14.0 Å². The number of rotatable bonds is 7. The van der Waals surface area contributed by atoms with E-state index >= 15 is 0 Å². The minimum atomic E-state index is -0.495. The number of amides is 1. The van der Waals surface area contributed by atoms with E-state index in [1.165, 1.54) is 30.3 Å². The standard InChI is InChI=1S/C20H24FN3O3S/c1-14-5-2-3-8-17(14)23-18(25)12-27-19(26)13-28-20-22-9-10-24(20)16-7-4-6-15(21)11-16/h4,6-7,9-11,14,17H,2-3,5,8,12-13H2,1H3,(H,23,25)/t14-,17-/m0/s1. The molecule has 28 heavy (non-hydrogen) atoms. The van der Waals surface area contributed by atoms with E-state index < -0.39 is 5.97 Å². The lowest BCUT2D eigenvalue weighted by Crippen LogP contribution is -2.43. The molecule has 6 nitrogen and oxygen atoms in total. The summed E-state index contributed by atoms with van der Waals surface area (Å²) < 4.78 is 20.2. The van der Waals surface area contributed by atoms with Crippen molar-refractivity contribution in [2.45, 2.75) is 43.8 Å². The number of imidazole rings is 1. The maximum absolute atomic E-state index is 13.4. The second-order valence-corrected chi connectivity index (χ2v) is 7.89. The number of benzene rings is 1. The molecular formula is C20H24FN3O3S. The molecule has 1 aliphatic carbocycles. The van der Waals surface area contributed by atoms with Crippen molar-refractivity contribution >= 4 is 23.6 Å². The van der Waals surface area contributed by atoms with Crippen LogP contribution in [0.5, 0.6) is 0 Å². The molecule has 1 aromatic heterocycles. The van der Waals surface area contributed by atoms with E-state index in [-0.39, 0.29) is 30.1 Å². The summed E-state index contributed by atoms with van der Waals surface area (Å²) in [6.07, 6.45) is 7.67. The molecule has 1 fully saturated rings. The lowest BCUT2D eigenvalue weighted by molar-refractivity contribution is -0.146. The van der Waals surface area contributed by atoms with E-state index in [4.69, 9.17) is 4.74 Å². The molecule has 0 radical (unpaired) electrons. The van der Waals surface area contributed by atoms with Crippen LogP contribution >= 0.6 is 11.8 Å². The Morgan fingerprint density at radius 1 is 1.36 bits per heavy atom. The highest BCUT2D eigenvalue weighted by Crippen LogP contribution is 2.24. The van der Waals surface area contributed by atoms with Gasteiger partial charge in [0.15, 0.2) is 11.8 Å². The van der Waals surface area contributed by atoms with Gasteiger partial charge in [0.25, 0.3) is 5.91 Å². The fourth-order valence-electron chi connectivity index (χ4n) is 3.31. The van der Waals surface area contributed by atoms with Crippen LogP contribution in [0, 0.1) is 11.7 Å². The number of aromatic nitrogens is 2. The first-order valence-corrected chi connectivity index (χ1v) is 10.4. The Labute approximate surface area is 167 Å². The fraction of sp³-hybridized carbons (Fsp3) is 0.450. The SMILES string of the molecule is C[C@H]1CCCC[C@@H]1NC(=O)COC(=O)CSc1nccn1-c1cccc(F)c1. The maximum atomic E-state index is 13.4. The van der Waals surface area contributed by atoms with Crippen LogP contribution in [0.2, 0.25) is 0 Å². The largest absolute Gasteiger partial charge is 0.455 e. The highest BCUT2D eigenvalue weighted by molar-refractivity contribution is 7.99. The summed E-state index contributed by atoms with van der Waals surface area (Å²) in [5, 5.41) is 3.50. The molecule has 0 unspecified atom stereocenters. The number of thioether (sulfide) groups is 1. The lowest BCUT2D eigenvalue weighted by Gasteiger charge is -2.29. The van der Waals surface area contributed by atoms with Crippen molar-refractivity contribution in [1.29, 1.82) is 0 Å². The maximum Gasteiger partial charge on any atom is 0.316 e. The Balaban J connectivity index is 1.45. The second-order valence-electron chi connectivity index (χ2n) is 6.94.